The van der Waals surface area contributed by atoms with Gasteiger partial charge in [0.1, 0.15) is 0 Å². The van der Waals surface area contributed by atoms with E-state index in [4.69, 9.17) is 10.5 Å². The molecule has 1 rings (SSSR count). The van der Waals surface area contributed by atoms with Crippen molar-refractivity contribution in [3.8, 4) is 0 Å². The van der Waals surface area contributed by atoms with Gasteiger partial charge in [0.25, 0.3) is 0 Å². The van der Waals surface area contributed by atoms with E-state index in [1.54, 1.807) is 0 Å². The highest BCUT2D eigenvalue weighted by Crippen LogP contribution is 2.03. The number of nitrogens with zero attached hydrogens (tertiary/aromatic N) is 1. The first-order valence-electron chi connectivity index (χ1n) is 6.27. The van der Waals surface area contributed by atoms with Crippen molar-refractivity contribution in [2.45, 2.75) is 19.4 Å². The van der Waals surface area contributed by atoms with Crippen LogP contribution in [0, 0.1) is 0 Å². The topological polar surface area (TPSA) is 96.7 Å². The van der Waals surface area contributed by atoms with Gasteiger partial charge >= 0.3 is 6.03 Å². The highest BCUT2D eigenvalue weighted by atomic mass is 35.5. The Kier molecular flexibility index (Phi) is 9.50. The van der Waals surface area contributed by atoms with Gasteiger partial charge in [-0.15, -0.1) is 12.4 Å². The zero-order chi connectivity index (χ0) is 13.4. The van der Waals surface area contributed by atoms with Crippen LogP contribution in [0.2, 0.25) is 0 Å². The molecular formula is C11H23ClN4O3. The number of urea groups is 1. The van der Waals surface area contributed by atoms with E-state index in [1.807, 2.05) is 11.8 Å². The molecule has 0 saturated carbocycles. The van der Waals surface area contributed by atoms with Gasteiger partial charge in [-0.2, -0.15) is 0 Å². The predicted molar refractivity (Wildman–Crippen MR) is 74.3 cm³/mol. The standard InChI is InChI=1S/C11H22N4O3.ClH/c1-2-3-13-11(17)14-10(16)8-15-4-5-18-9(6-12)7-15;/h9H,2-8,12H2,1H3,(H2,13,14,16,17);1H. The van der Waals surface area contributed by atoms with Gasteiger partial charge in [0.15, 0.2) is 0 Å². The van der Waals surface area contributed by atoms with Crippen molar-refractivity contribution in [3.05, 3.63) is 0 Å². The molecule has 0 aromatic heterocycles. The molecule has 0 bridgehead atoms. The summed E-state index contributed by atoms with van der Waals surface area (Å²) < 4.78 is 5.40. The predicted octanol–water partition coefficient (Wildman–Crippen LogP) is -0.696. The summed E-state index contributed by atoms with van der Waals surface area (Å²) >= 11 is 0. The number of carbonyl (C=O) groups is 2. The Bertz CT molecular complexity index is 291. The minimum Gasteiger partial charge on any atom is -0.374 e. The summed E-state index contributed by atoms with van der Waals surface area (Å²) in [7, 11) is 0. The minimum atomic E-state index is -0.439. The molecule has 3 amide bonds. The number of nitrogens with one attached hydrogen (secondary N) is 2. The number of ether oxygens (including phenoxy) is 1. The Hall–Kier alpha value is -0.890. The van der Waals surface area contributed by atoms with E-state index in [9.17, 15) is 9.59 Å². The van der Waals surface area contributed by atoms with E-state index < -0.39 is 6.03 Å². The van der Waals surface area contributed by atoms with E-state index in [-0.39, 0.29) is 31.0 Å². The lowest BCUT2D eigenvalue weighted by Gasteiger charge is -2.31. The maximum atomic E-state index is 11.6. The Morgan fingerprint density at radius 1 is 1.47 bits per heavy atom. The molecule has 1 unspecified atom stereocenters. The monoisotopic (exact) mass is 294 g/mol. The number of carbonyl (C=O) groups excluding carboxylic acids is 2. The largest absolute Gasteiger partial charge is 0.374 e. The SMILES string of the molecule is CCCNC(=O)NC(=O)CN1CCOC(CN)C1.Cl. The molecule has 112 valence electrons. The summed E-state index contributed by atoms with van der Waals surface area (Å²) in [5.41, 5.74) is 5.52. The van der Waals surface area contributed by atoms with Crippen molar-refractivity contribution in [3.63, 3.8) is 0 Å². The maximum Gasteiger partial charge on any atom is 0.321 e. The van der Waals surface area contributed by atoms with Gasteiger partial charge < -0.3 is 15.8 Å². The molecule has 1 aliphatic heterocycles. The van der Waals surface area contributed by atoms with Gasteiger partial charge in [0, 0.05) is 26.2 Å². The Morgan fingerprint density at radius 2 is 2.21 bits per heavy atom. The van der Waals surface area contributed by atoms with E-state index in [2.05, 4.69) is 10.6 Å². The van der Waals surface area contributed by atoms with Gasteiger partial charge in [-0.1, -0.05) is 6.92 Å². The second kappa shape index (κ2) is 9.96. The average molecular weight is 295 g/mol. The third-order valence-corrected chi connectivity index (χ3v) is 2.64. The van der Waals surface area contributed by atoms with Gasteiger partial charge in [-0.25, -0.2) is 4.79 Å². The molecule has 0 spiro atoms. The normalized spacial score (nSPS) is 19.4. The molecule has 1 atom stereocenters. The molecule has 0 radical (unpaired) electrons. The van der Waals surface area contributed by atoms with Gasteiger partial charge in [0.05, 0.1) is 19.3 Å². The highest BCUT2D eigenvalue weighted by molar-refractivity contribution is 5.95. The van der Waals surface area contributed by atoms with Crippen LogP contribution < -0.4 is 16.4 Å². The summed E-state index contributed by atoms with van der Waals surface area (Å²) in [6.07, 6.45) is 0.809. The smallest absolute Gasteiger partial charge is 0.321 e. The summed E-state index contributed by atoms with van der Waals surface area (Å²) in [5, 5.41) is 4.88. The molecule has 1 aliphatic rings. The van der Waals surface area contributed by atoms with Crippen molar-refractivity contribution in [2.24, 2.45) is 5.73 Å². The molecule has 0 aromatic carbocycles. The zero-order valence-electron chi connectivity index (χ0n) is 11.2. The number of amides is 3. The fourth-order valence-corrected chi connectivity index (χ4v) is 1.72. The third kappa shape index (κ3) is 7.31. The average Bonchev–Trinajstić information content (AvgIpc) is 2.36. The van der Waals surface area contributed by atoms with Crippen LogP contribution in [0.1, 0.15) is 13.3 Å². The molecular weight excluding hydrogens is 272 g/mol. The van der Waals surface area contributed by atoms with E-state index in [1.165, 1.54) is 0 Å². The van der Waals surface area contributed by atoms with Crippen LogP contribution in [0.5, 0.6) is 0 Å². The van der Waals surface area contributed by atoms with Gasteiger partial charge in [-0.05, 0) is 6.42 Å². The summed E-state index contributed by atoms with van der Waals surface area (Å²) in [6.45, 7) is 5.02. The summed E-state index contributed by atoms with van der Waals surface area (Å²) in [4.78, 5) is 24.8. The van der Waals surface area contributed by atoms with Crippen LogP contribution in [0.15, 0.2) is 0 Å². The molecule has 1 saturated heterocycles. The zero-order valence-corrected chi connectivity index (χ0v) is 12.0. The number of hydrogen-bond acceptors (Lipinski definition) is 5. The van der Waals surface area contributed by atoms with Crippen molar-refractivity contribution in [1.82, 2.24) is 15.5 Å². The fourth-order valence-electron chi connectivity index (χ4n) is 1.72. The van der Waals surface area contributed by atoms with Crippen LogP contribution >= 0.6 is 12.4 Å². The molecule has 4 N–H and O–H groups in total. The van der Waals surface area contributed by atoms with Crippen molar-refractivity contribution < 1.29 is 14.3 Å². The second-order valence-electron chi connectivity index (χ2n) is 4.27. The highest BCUT2D eigenvalue weighted by Gasteiger charge is 2.21. The Morgan fingerprint density at radius 3 is 2.84 bits per heavy atom. The van der Waals surface area contributed by atoms with Crippen molar-refractivity contribution >= 4 is 24.3 Å². The lowest BCUT2D eigenvalue weighted by molar-refractivity contribution is -0.123. The molecule has 8 heteroatoms. The first-order chi connectivity index (χ1) is 8.65. The lowest BCUT2D eigenvalue weighted by atomic mass is 10.2. The third-order valence-electron chi connectivity index (χ3n) is 2.64. The van der Waals surface area contributed by atoms with Crippen LogP contribution in [0.3, 0.4) is 0 Å². The van der Waals surface area contributed by atoms with E-state index >= 15 is 0 Å². The van der Waals surface area contributed by atoms with E-state index in [0.29, 0.717) is 32.8 Å². The molecule has 0 aliphatic carbocycles. The van der Waals surface area contributed by atoms with Gasteiger partial charge in [-0.3, -0.25) is 15.0 Å². The van der Waals surface area contributed by atoms with Crippen LogP contribution in [0.25, 0.3) is 0 Å². The quantitative estimate of drug-likeness (QED) is 0.623. The number of hydrogen-bond donors (Lipinski definition) is 3. The van der Waals surface area contributed by atoms with Crippen LogP contribution in [-0.2, 0) is 9.53 Å². The lowest BCUT2D eigenvalue weighted by Crippen LogP contribution is -2.50. The first-order valence-corrected chi connectivity index (χ1v) is 6.27. The summed E-state index contributed by atoms with van der Waals surface area (Å²) in [5.74, 6) is -0.304. The Labute approximate surface area is 119 Å². The van der Waals surface area contributed by atoms with E-state index in [0.717, 1.165) is 6.42 Å². The van der Waals surface area contributed by atoms with Crippen molar-refractivity contribution in [1.29, 1.82) is 0 Å². The molecule has 19 heavy (non-hydrogen) atoms. The molecule has 1 heterocycles. The van der Waals surface area contributed by atoms with Gasteiger partial charge in [0.2, 0.25) is 5.91 Å². The van der Waals surface area contributed by atoms with Crippen LogP contribution in [0.4, 0.5) is 4.79 Å². The Balaban J connectivity index is 0.00000324. The number of nitrogens with two attached hydrogens (primary N) is 1. The number of morpholine rings is 1. The fraction of sp³-hybridized carbons (Fsp3) is 0.818. The first kappa shape index (κ1) is 18.1. The molecule has 0 aromatic rings. The minimum absolute atomic E-state index is 0. The van der Waals surface area contributed by atoms with Crippen molar-refractivity contribution in [2.75, 3.05) is 39.3 Å². The summed E-state index contributed by atoms with van der Waals surface area (Å²) in [6, 6.07) is -0.439. The number of rotatable bonds is 5. The molecule has 7 nitrogen and oxygen atoms in total. The molecule has 1 fully saturated rings. The number of imide groups is 1. The number of halogens is 1. The maximum absolute atomic E-state index is 11.6. The van der Waals surface area contributed by atoms with Crippen LogP contribution in [-0.4, -0.2) is 62.3 Å². The second-order valence-corrected chi connectivity index (χ2v) is 4.27.